The molecule has 0 bridgehead atoms. The zero-order chi connectivity index (χ0) is 32.4. The molecule has 16 heteroatoms. The number of carbonyl (C=O) groups is 1. The zero-order valence-corrected chi connectivity index (χ0v) is 27.7. The summed E-state index contributed by atoms with van der Waals surface area (Å²) in [7, 11) is -8.45. The van der Waals surface area contributed by atoms with Crippen LogP contribution in [0.1, 0.15) is 10.4 Å². The van der Waals surface area contributed by atoms with Crippen molar-refractivity contribution in [2.45, 2.75) is 9.79 Å². The Hall–Kier alpha value is -3.23. The zero-order valence-electron chi connectivity index (χ0n) is 23.1. The third kappa shape index (κ3) is 7.78. The SMILES string of the molecule is O=C(Nc1cc(S(=O)(=O)Nc2ccccc2Cl)ccc1N1CCOCC1)c1ccc(Cl)c(S(=O)(=O)Nc2cc(Cl)ccc2Cl)c1. The predicted octanol–water partition coefficient (Wildman–Crippen LogP) is 6.99. The molecule has 0 radical (unpaired) electrons. The fourth-order valence-electron chi connectivity index (χ4n) is 4.43. The number of ether oxygens (including phenoxy) is 1. The quantitative estimate of drug-likeness (QED) is 0.169. The normalized spacial score (nSPS) is 13.7. The summed E-state index contributed by atoms with van der Waals surface area (Å²) in [6, 6.07) is 18.7. The van der Waals surface area contributed by atoms with Crippen LogP contribution in [0.15, 0.2) is 88.7 Å². The van der Waals surface area contributed by atoms with Crippen LogP contribution in [0.25, 0.3) is 0 Å². The fourth-order valence-corrected chi connectivity index (χ4v) is 7.77. The molecular weight excluding hydrogens is 706 g/mol. The second-order valence-electron chi connectivity index (χ2n) is 9.69. The van der Waals surface area contributed by atoms with E-state index >= 15 is 0 Å². The summed E-state index contributed by atoms with van der Waals surface area (Å²) in [6.07, 6.45) is 0. The van der Waals surface area contributed by atoms with E-state index in [1.165, 1.54) is 48.5 Å². The summed E-state index contributed by atoms with van der Waals surface area (Å²) < 4.78 is 63.4. The minimum Gasteiger partial charge on any atom is -0.378 e. The van der Waals surface area contributed by atoms with E-state index in [4.69, 9.17) is 51.1 Å². The molecule has 0 unspecified atom stereocenters. The molecule has 10 nitrogen and oxygen atoms in total. The maximum atomic E-state index is 13.6. The number of halogens is 4. The van der Waals surface area contributed by atoms with Gasteiger partial charge in [0, 0.05) is 23.7 Å². The van der Waals surface area contributed by atoms with Crippen LogP contribution < -0.4 is 19.7 Å². The molecule has 0 aromatic heterocycles. The number of nitrogens with zero attached hydrogens (tertiary/aromatic N) is 1. The Kier molecular flexibility index (Phi) is 10.0. The second kappa shape index (κ2) is 13.6. The van der Waals surface area contributed by atoms with Crippen molar-refractivity contribution in [3.8, 4) is 0 Å². The predicted molar refractivity (Wildman–Crippen MR) is 178 cm³/mol. The summed E-state index contributed by atoms with van der Waals surface area (Å²) in [5, 5.41) is 3.15. The number of hydrogen-bond acceptors (Lipinski definition) is 7. The summed E-state index contributed by atoms with van der Waals surface area (Å²) in [4.78, 5) is 15.0. The lowest BCUT2D eigenvalue weighted by Crippen LogP contribution is -2.36. The smallest absolute Gasteiger partial charge is 0.263 e. The number of benzene rings is 4. The van der Waals surface area contributed by atoms with Gasteiger partial charge in [0.2, 0.25) is 0 Å². The molecule has 1 fully saturated rings. The lowest BCUT2D eigenvalue weighted by Gasteiger charge is -2.30. The number of sulfonamides is 2. The van der Waals surface area contributed by atoms with Gasteiger partial charge in [0.1, 0.15) is 4.90 Å². The molecule has 4 aromatic rings. The summed E-state index contributed by atoms with van der Waals surface area (Å²) in [5.41, 5.74) is 0.861. The third-order valence-corrected chi connectivity index (χ3v) is 10.8. The topological polar surface area (TPSA) is 134 Å². The third-order valence-electron chi connectivity index (χ3n) is 6.65. The van der Waals surface area contributed by atoms with Crippen LogP contribution in [0.4, 0.5) is 22.7 Å². The highest BCUT2D eigenvalue weighted by molar-refractivity contribution is 7.93. The molecule has 3 N–H and O–H groups in total. The van der Waals surface area contributed by atoms with Crippen molar-refractivity contribution in [2.24, 2.45) is 0 Å². The largest absolute Gasteiger partial charge is 0.378 e. The number of carbonyl (C=O) groups excluding carboxylic acids is 1. The number of hydrogen-bond donors (Lipinski definition) is 3. The summed E-state index contributed by atoms with van der Waals surface area (Å²) in [6.45, 7) is 1.86. The van der Waals surface area contributed by atoms with E-state index in [0.29, 0.717) is 32.0 Å². The lowest BCUT2D eigenvalue weighted by molar-refractivity contribution is 0.102. The maximum absolute atomic E-state index is 13.6. The highest BCUT2D eigenvalue weighted by atomic mass is 35.5. The number of para-hydroxylation sites is 1. The van der Waals surface area contributed by atoms with Crippen LogP contribution in [-0.2, 0) is 24.8 Å². The van der Waals surface area contributed by atoms with E-state index in [1.54, 1.807) is 24.3 Å². The van der Waals surface area contributed by atoms with Crippen molar-refractivity contribution < 1.29 is 26.4 Å². The van der Waals surface area contributed by atoms with Gasteiger partial charge in [-0.15, -0.1) is 0 Å². The molecule has 0 saturated carbocycles. The standard InChI is InChI=1S/C29H24Cl4N4O6S2/c30-19-6-9-22(32)25(16-19)36-45(41,42)28-15-18(5-8-23(28)33)29(38)34-26-17-20(7-10-27(26)37-11-13-43-14-12-37)44(39,40)35-24-4-2-1-3-21(24)31/h1-10,15-17,35-36H,11-14H2,(H,34,38). The van der Waals surface area contributed by atoms with Gasteiger partial charge in [-0.3, -0.25) is 14.2 Å². The van der Waals surface area contributed by atoms with Gasteiger partial charge in [-0.2, -0.15) is 0 Å². The number of morpholine rings is 1. The molecule has 236 valence electrons. The van der Waals surface area contributed by atoms with E-state index in [-0.39, 0.29) is 52.5 Å². The monoisotopic (exact) mass is 728 g/mol. The molecular formula is C29H24Cl4N4O6S2. The second-order valence-corrected chi connectivity index (χ2v) is 14.7. The minimum atomic E-state index is -4.32. The molecule has 1 amide bonds. The van der Waals surface area contributed by atoms with Gasteiger partial charge in [0.05, 0.1) is 55.9 Å². The average Bonchev–Trinajstić information content (AvgIpc) is 3.00. The van der Waals surface area contributed by atoms with Crippen LogP contribution >= 0.6 is 46.4 Å². The molecule has 45 heavy (non-hydrogen) atoms. The highest BCUT2D eigenvalue weighted by Gasteiger charge is 2.25. The molecule has 0 aliphatic carbocycles. The van der Waals surface area contributed by atoms with Crippen molar-refractivity contribution >= 4 is 95.1 Å². The van der Waals surface area contributed by atoms with Crippen LogP contribution in [0.5, 0.6) is 0 Å². The summed E-state index contributed by atoms with van der Waals surface area (Å²) >= 11 is 24.5. The number of nitrogens with one attached hydrogen (secondary N) is 3. The van der Waals surface area contributed by atoms with Gasteiger partial charge in [-0.05, 0) is 66.7 Å². The minimum absolute atomic E-state index is 0.0219. The number of rotatable bonds is 9. The van der Waals surface area contributed by atoms with E-state index < -0.39 is 26.0 Å². The molecule has 1 aliphatic rings. The van der Waals surface area contributed by atoms with Crippen LogP contribution in [0.3, 0.4) is 0 Å². The van der Waals surface area contributed by atoms with Crippen molar-refractivity contribution in [2.75, 3.05) is 46.0 Å². The molecule has 0 atom stereocenters. The van der Waals surface area contributed by atoms with Gasteiger partial charge in [0.15, 0.2) is 0 Å². The highest BCUT2D eigenvalue weighted by Crippen LogP contribution is 2.33. The van der Waals surface area contributed by atoms with Gasteiger partial charge >= 0.3 is 0 Å². The Labute approximate surface area is 280 Å². The Morgan fingerprint density at radius 1 is 0.689 bits per heavy atom. The van der Waals surface area contributed by atoms with Crippen LogP contribution in [0.2, 0.25) is 20.1 Å². The molecule has 1 saturated heterocycles. The van der Waals surface area contributed by atoms with Crippen LogP contribution in [-0.4, -0.2) is 49.0 Å². The molecule has 1 heterocycles. The Balaban J connectivity index is 1.48. The molecule has 4 aromatic carbocycles. The number of anilines is 4. The average molecular weight is 730 g/mol. The van der Waals surface area contributed by atoms with Crippen molar-refractivity contribution in [1.82, 2.24) is 0 Å². The van der Waals surface area contributed by atoms with Crippen molar-refractivity contribution in [3.63, 3.8) is 0 Å². The van der Waals surface area contributed by atoms with E-state index in [0.717, 1.165) is 6.07 Å². The fraction of sp³-hybridized carbons (Fsp3) is 0.138. The van der Waals surface area contributed by atoms with Gasteiger partial charge in [0.25, 0.3) is 26.0 Å². The molecule has 0 spiro atoms. The van der Waals surface area contributed by atoms with E-state index in [2.05, 4.69) is 14.8 Å². The van der Waals surface area contributed by atoms with Gasteiger partial charge < -0.3 is 15.0 Å². The van der Waals surface area contributed by atoms with Crippen molar-refractivity contribution in [1.29, 1.82) is 0 Å². The molecule has 5 rings (SSSR count). The van der Waals surface area contributed by atoms with Crippen LogP contribution in [0, 0.1) is 0 Å². The first-order valence-corrected chi connectivity index (χ1v) is 17.6. The van der Waals surface area contributed by atoms with Gasteiger partial charge in [-0.25, -0.2) is 16.8 Å². The first-order valence-electron chi connectivity index (χ1n) is 13.2. The van der Waals surface area contributed by atoms with E-state index in [1.807, 2.05) is 4.90 Å². The van der Waals surface area contributed by atoms with Gasteiger partial charge in [-0.1, -0.05) is 58.5 Å². The summed E-state index contributed by atoms with van der Waals surface area (Å²) in [5.74, 6) is -0.716. The molecule has 1 aliphatic heterocycles. The first-order chi connectivity index (χ1) is 21.3. The van der Waals surface area contributed by atoms with E-state index in [9.17, 15) is 21.6 Å². The van der Waals surface area contributed by atoms with Crippen molar-refractivity contribution in [3.05, 3.63) is 105 Å². The number of amides is 1. The Morgan fingerprint density at radius 2 is 1.36 bits per heavy atom. The lowest BCUT2D eigenvalue weighted by atomic mass is 10.2. The first kappa shape index (κ1) is 33.1. The maximum Gasteiger partial charge on any atom is 0.263 e. The Bertz CT molecular complexity index is 1990. The Morgan fingerprint density at radius 3 is 2.09 bits per heavy atom.